The maximum Gasteiger partial charge on any atom is 0.252 e. The lowest BCUT2D eigenvalue weighted by molar-refractivity contribution is -0.123. The van der Waals surface area contributed by atoms with Crippen molar-refractivity contribution in [1.82, 2.24) is 10.6 Å². The molecule has 0 bridgehead atoms. The van der Waals surface area contributed by atoms with Gasteiger partial charge >= 0.3 is 0 Å². The molecule has 0 unspecified atom stereocenters. The van der Waals surface area contributed by atoms with Crippen LogP contribution in [-0.4, -0.2) is 17.9 Å². The Balaban J connectivity index is 1.42. The van der Waals surface area contributed by atoms with Crippen LogP contribution in [0.2, 0.25) is 0 Å². The van der Waals surface area contributed by atoms with Crippen LogP contribution in [0.1, 0.15) is 44.8 Å². The van der Waals surface area contributed by atoms with Gasteiger partial charge in [-0.25, -0.2) is 0 Å². The number of fused-ring (bicyclic) bond motifs is 2. The molecule has 1 atom stereocenters. The Bertz CT molecular complexity index is 796. The minimum absolute atomic E-state index is 0.103. The highest BCUT2D eigenvalue weighted by Gasteiger charge is 2.28. The van der Waals surface area contributed by atoms with E-state index in [4.69, 9.17) is 0 Å². The molecule has 0 fully saturated rings. The van der Waals surface area contributed by atoms with Gasteiger partial charge in [0.05, 0.1) is 0 Å². The second kappa shape index (κ2) is 6.40. The first kappa shape index (κ1) is 15.4. The van der Waals surface area contributed by atoms with Gasteiger partial charge in [-0.3, -0.25) is 9.59 Å². The molecule has 0 spiro atoms. The lowest BCUT2D eigenvalue weighted by Gasteiger charge is -2.25. The second-order valence-electron chi connectivity index (χ2n) is 6.47. The molecule has 0 radical (unpaired) electrons. The zero-order valence-corrected chi connectivity index (χ0v) is 14.2. The molecule has 2 amide bonds. The van der Waals surface area contributed by atoms with Gasteiger partial charge in [-0.2, -0.15) is 0 Å². The molecule has 4 nitrogen and oxygen atoms in total. The van der Waals surface area contributed by atoms with Crippen LogP contribution in [0.4, 0.5) is 0 Å². The zero-order valence-electron chi connectivity index (χ0n) is 13.4. The molecule has 4 rings (SSSR count). The molecule has 1 aliphatic heterocycles. The minimum atomic E-state index is -0.484. The molecule has 2 aliphatic rings. The number of benzene rings is 1. The summed E-state index contributed by atoms with van der Waals surface area (Å²) in [7, 11) is 0. The Kier molecular flexibility index (Phi) is 4.10. The smallest absolute Gasteiger partial charge is 0.252 e. The minimum Gasteiger partial charge on any atom is -0.350 e. The third kappa shape index (κ3) is 2.84. The van der Waals surface area contributed by atoms with Gasteiger partial charge in [-0.1, -0.05) is 18.2 Å². The summed E-state index contributed by atoms with van der Waals surface area (Å²) < 4.78 is 0. The zero-order chi connectivity index (χ0) is 16.5. The topological polar surface area (TPSA) is 58.2 Å². The largest absolute Gasteiger partial charge is 0.350 e. The number of thiophene rings is 1. The van der Waals surface area contributed by atoms with E-state index in [0.29, 0.717) is 18.5 Å². The van der Waals surface area contributed by atoms with E-state index in [2.05, 4.69) is 16.0 Å². The van der Waals surface area contributed by atoms with Gasteiger partial charge < -0.3 is 10.6 Å². The third-order valence-electron chi connectivity index (χ3n) is 4.91. The van der Waals surface area contributed by atoms with Gasteiger partial charge in [-0.15, -0.1) is 11.3 Å². The third-order valence-corrected chi connectivity index (χ3v) is 6.05. The number of carbonyl (C=O) groups excluding carboxylic acids is 2. The van der Waals surface area contributed by atoms with Crippen molar-refractivity contribution in [2.45, 2.75) is 44.7 Å². The van der Waals surface area contributed by atoms with Gasteiger partial charge in [-0.05, 0) is 53.8 Å². The van der Waals surface area contributed by atoms with Crippen LogP contribution in [0, 0.1) is 0 Å². The van der Waals surface area contributed by atoms with Crippen molar-refractivity contribution in [3.8, 4) is 0 Å². The number of aryl methyl sites for hydroxylation is 1. The van der Waals surface area contributed by atoms with E-state index in [1.165, 1.54) is 35.3 Å². The summed E-state index contributed by atoms with van der Waals surface area (Å²) in [6.45, 7) is 0.554. The molecule has 124 valence electrons. The molecule has 1 aliphatic carbocycles. The summed E-state index contributed by atoms with van der Waals surface area (Å²) in [6.07, 6.45) is 5.35. The van der Waals surface area contributed by atoms with E-state index >= 15 is 0 Å². The number of carbonyl (C=O) groups is 2. The monoisotopic (exact) mass is 340 g/mol. The Labute approximate surface area is 145 Å². The Morgan fingerprint density at radius 2 is 2.08 bits per heavy atom. The summed E-state index contributed by atoms with van der Waals surface area (Å²) in [5.41, 5.74) is 4.29. The highest BCUT2D eigenvalue weighted by Crippen LogP contribution is 2.30. The fraction of sp³-hybridized carbons (Fsp3) is 0.368. The standard InChI is InChI=1S/C19H20N2O2S/c22-18-15-7-2-1-5-12(15)9-16(21-18)19(23)20-10-13-11-24-17-8-4-3-6-14(13)17/h1-2,5,7,11,16H,3-4,6,8-10H2,(H,20,23)(H,21,22)/t16-/m1/s1. The van der Waals surface area contributed by atoms with Crippen molar-refractivity contribution in [1.29, 1.82) is 0 Å². The van der Waals surface area contributed by atoms with E-state index in [0.717, 1.165) is 12.0 Å². The molecule has 1 aromatic carbocycles. The highest BCUT2D eigenvalue weighted by molar-refractivity contribution is 7.10. The molecule has 0 saturated heterocycles. The van der Waals surface area contributed by atoms with Crippen molar-refractivity contribution >= 4 is 23.2 Å². The van der Waals surface area contributed by atoms with Gasteiger partial charge in [0.25, 0.3) is 5.91 Å². The van der Waals surface area contributed by atoms with Crippen molar-refractivity contribution in [3.05, 3.63) is 56.8 Å². The molecule has 24 heavy (non-hydrogen) atoms. The fourth-order valence-electron chi connectivity index (χ4n) is 3.60. The first-order valence-electron chi connectivity index (χ1n) is 8.47. The van der Waals surface area contributed by atoms with Gasteiger partial charge in [0.1, 0.15) is 6.04 Å². The van der Waals surface area contributed by atoms with E-state index < -0.39 is 6.04 Å². The molecule has 2 N–H and O–H groups in total. The average Bonchev–Trinajstić information content (AvgIpc) is 3.03. The van der Waals surface area contributed by atoms with Gasteiger partial charge in [0, 0.05) is 23.4 Å². The fourth-order valence-corrected chi connectivity index (χ4v) is 4.75. The number of hydrogen-bond acceptors (Lipinski definition) is 3. The van der Waals surface area contributed by atoms with Crippen molar-refractivity contribution < 1.29 is 9.59 Å². The average molecular weight is 340 g/mol. The lowest BCUT2D eigenvalue weighted by atomic mass is 9.94. The molecule has 2 aromatic rings. The Hall–Kier alpha value is -2.14. The summed E-state index contributed by atoms with van der Waals surface area (Å²) in [6, 6.07) is 6.99. The molecule has 2 heterocycles. The van der Waals surface area contributed by atoms with Crippen LogP contribution in [-0.2, 0) is 30.6 Å². The first-order valence-corrected chi connectivity index (χ1v) is 9.35. The van der Waals surface area contributed by atoms with Crippen LogP contribution in [0.5, 0.6) is 0 Å². The predicted molar refractivity (Wildman–Crippen MR) is 94.2 cm³/mol. The molecular weight excluding hydrogens is 320 g/mol. The summed E-state index contributed by atoms with van der Waals surface area (Å²) in [5, 5.41) is 8.00. The maximum absolute atomic E-state index is 12.5. The molecular formula is C19H20N2O2S. The van der Waals surface area contributed by atoms with Gasteiger partial charge in [0.2, 0.25) is 5.91 Å². The summed E-state index contributed by atoms with van der Waals surface area (Å²) in [4.78, 5) is 26.1. The SMILES string of the molecule is O=C1N[C@@H](C(=O)NCc2csc3c2CCCC3)Cc2ccccc21. The maximum atomic E-state index is 12.5. The first-order chi connectivity index (χ1) is 11.7. The number of rotatable bonds is 3. The molecule has 5 heteroatoms. The van der Waals surface area contributed by atoms with E-state index in [1.54, 1.807) is 6.07 Å². The van der Waals surface area contributed by atoms with Crippen LogP contribution in [0.15, 0.2) is 29.6 Å². The highest BCUT2D eigenvalue weighted by atomic mass is 32.1. The van der Waals surface area contributed by atoms with Crippen LogP contribution < -0.4 is 10.6 Å². The predicted octanol–water partition coefficient (Wildman–Crippen LogP) is 2.60. The lowest BCUT2D eigenvalue weighted by Crippen LogP contribution is -2.50. The number of hydrogen-bond donors (Lipinski definition) is 2. The number of amides is 2. The van der Waals surface area contributed by atoms with Crippen LogP contribution in [0.25, 0.3) is 0 Å². The second-order valence-corrected chi connectivity index (χ2v) is 7.44. The number of nitrogens with one attached hydrogen (secondary N) is 2. The Morgan fingerprint density at radius 1 is 1.25 bits per heavy atom. The van der Waals surface area contributed by atoms with E-state index in [1.807, 2.05) is 29.5 Å². The van der Waals surface area contributed by atoms with Crippen molar-refractivity contribution in [2.24, 2.45) is 0 Å². The Morgan fingerprint density at radius 3 is 3.00 bits per heavy atom. The van der Waals surface area contributed by atoms with E-state index in [-0.39, 0.29) is 11.8 Å². The summed E-state index contributed by atoms with van der Waals surface area (Å²) >= 11 is 1.81. The quantitative estimate of drug-likeness (QED) is 0.902. The van der Waals surface area contributed by atoms with E-state index in [9.17, 15) is 9.59 Å². The normalized spacial score (nSPS) is 19.2. The van der Waals surface area contributed by atoms with Crippen molar-refractivity contribution in [2.75, 3.05) is 0 Å². The molecule has 0 saturated carbocycles. The molecule has 1 aromatic heterocycles. The van der Waals surface area contributed by atoms with Crippen molar-refractivity contribution in [3.63, 3.8) is 0 Å². The van der Waals surface area contributed by atoms with Gasteiger partial charge in [0.15, 0.2) is 0 Å². The summed E-state index contributed by atoms with van der Waals surface area (Å²) in [5.74, 6) is -0.265. The van der Waals surface area contributed by atoms with Crippen LogP contribution >= 0.6 is 11.3 Å². The van der Waals surface area contributed by atoms with Crippen LogP contribution in [0.3, 0.4) is 0 Å².